The van der Waals surface area contributed by atoms with E-state index in [1.807, 2.05) is 53.4 Å². The number of piperazine rings is 1. The highest BCUT2D eigenvalue weighted by Crippen LogP contribution is 2.27. The smallest absolute Gasteiger partial charge is 0.275 e. The zero-order valence-corrected chi connectivity index (χ0v) is 22.4. The minimum absolute atomic E-state index is 0.0581. The maximum absolute atomic E-state index is 13.0. The zero-order valence-electron chi connectivity index (χ0n) is 21.6. The van der Waals surface area contributed by atoms with E-state index in [0.29, 0.717) is 35.3 Å². The summed E-state index contributed by atoms with van der Waals surface area (Å²) in [7, 11) is 1.62. The Labute approximate surface area is 220 Å². The molecular weight excluding hydrogens is 486 g/mol. The number of carbonyl (C=O) groups excluding carboxylic acids is 1. The number of hydrogen-bond acceptors (Lipinski definition) is 7. The number of amides is 1. The molecule has 5 rings (SSSR count). The second-order valence-electron chi connectivity index (χ2n) is 10.3. The molecule has 0 spiro atoms. The summed E-state index contributed by atoms with van der Waals surface area (Å²) in [4.78, 5) is 35.2. The van der Waals surface area contributed by atoms with Gasteiger partial charge in [-0.05, 0) is 35.2 Å². The number of hydrogen-bond donors (Lipinski definition) is 0. The van der Waals surface area contributed by atoms with E-state index in [1.165, 1.54) is 21.4 Å². The largest absolute Gasteiger partial charge is 0.497 e. The zero-order chi connectivity index (χ0) is 26.2. The number of carbonyl (C=O) groups is 1. The van der Waals surface area contributed by atoms with Gasteiger partial charge in [0.05, 0.1) is 12.8 Å². The highest BCUT2D eigenvalue weighted by Gasteiger charge is 2.23. The summed E-state index contributed by atoms with van der Waals surface area (Å²) < 4.78 is 6.66. The number of ether oxygens (including phenoxy) is 1. The Morgan fingerprint density at radius 1 is 1.03 bits per heavy atom. The highest BCUT2D eigenvalue weighted by atomic mass is 32.1. The van der Waals surface area contributed by atoms with Crippen LogP contribution in [0.3, 0.4) is 0 Å². The molecule has 9 heteroatoms. The van der Waals surface area contributed by atoms with Crippen molar-refractivity contribution < 1.29 is 9.53 Å². The number of benzene rings is 2. The van der Waals surface area contributed by atoms with Gasteiger partial charge in [-0.3, -0.25) is 14.5 Å². The van der Waals surface area contributed by atoms with Crippen molar-refractivity contribution in [3.8, 4) is 16.3 Å². The maximum atomic E-state index is 13.0. The molecular formula is C28H31N5O3S. The van der Waals surface area contributed by atoms with Gasteiger partial charge < -0.3 is 9.64 Å². The lowest BCUT2D eigenvalue weighted by Gasteiger charge is -2.34. The summed E-state index contributed by atoms with van der Waals surface area (Å²) in [5.74, 6) is 0.796. The summed E-state index contributed by atoms with van der Waals surface area (Å²) in [6.07, 6.45) is 0. The molecule has 3 heterocycles. The summed E-state index contributed by atoms with van der Waals surface area (Å²) in [6, 6.07) is 17.1. The molecule has 0 saturated carbocycles. The van der Waals surface area contributed by atoms with Crippen molar-refractivity contribution in [2.75, 3.05) is 33.3 Å². The fourth-order valence-electron chi connectivity index (χ4n) is 4.44. The van der Waals surface area contributed by atoms with Crippen molar-refractivity contribution in [2.45, 2.75) is 32.7 Å². The van der Waals surface area contributed by atoms with Gasteiger partial charge >= 0.3 is 0 Å². The van der Waals surface area contributed by atoms with E-state index in [1.54, 1.807) is 13.2 Å². The van der Waals surface area contributed by atoms with Crippen molar-refractivity contribution in [3.63, 3.8) is 0 Å². The Balaban J connectivity index is 1.24. The van der Waals surface area contributed by atoms with Crippen molar-refractivity contribution in [2.24, 2.45) is 0 Å². The van der Waals surface area contributed by atoms with Crippen LogP contribution in [0.5, 0.6) is 5.75 Å². The molecule has 0 bridgehead atoms. The normalized spacial score (nSPS) is 14.8. The first-order chi connectivity index (χ1) is 17.7. The van der Waals surface area contributed by atoms with Crippen LogP contribution in [0.2, 0.25) is 0 Å². The van der Waals surface area contributed by atoms with E-state index in [-0.39, 0.29) is 16.9 Å². The van der Waals surface area contributed by atoms with Gasteiger partial charge in [0.1, 0.15) is 10.8 Å². The molecule has 2 aromatic heterocycles. The predicted molar refractivity (Wildman–Crippen MR) is 145 cm³/mol. The number of aromatic nitrogens is 3. The van der Waals surface area contributed by atoms with Gasteiger partial charge in [0.2, 0.25) is 4.96 Å². The lowest BCUT2D eigenvalue weighted by molar-refractivity contribution is 0.0627. The summed E-state index contributed by atoms with van der Waals surface area (Å²) >= 11 is 1.38. The molecule has 1 saturated heterocycles. The van der Waals surface area contributed by atoms with Crippen LogP contribution >= 0.6 is 11.3 Å². The molecule has 1 aliphatic heterocycles. The van der Waals surface area contributed by atoms with Crippen LogP contribution in [0.25, 0.3) is 15.5 Å². The molecule has 4 aromatic rings. The number of methoxy groups -OCH3 is 1. The summed E-state index contributed by atoms with van der Waals surface area (Å²) in [6.45, 7) is 9.79. The molecule has 37 heavy (non-hydrogen) atoms. The van der Waals surface area contributed by atoms with Crippen molar-refractivity contribution in [1.82, 2.24) is 24.4 Å². The quantitative estimate of drug-likeness (QED) is 0.397. The number of fused-ring (bicyclic) bond motifs is 1. The van der Waals surface area contributed by atoms with Gasteiger partial charge in [-0.15, -0.1) is 0 Å². The van der Waals surface area contributed by atoms with Gasteiger partial charge in [0.15, 0.2) is 0 Å². The highest BCUT2D eigenvalue weighted by molar-refractivity contribution is 7.19. The predicted octanol–water partition coefficient (Wildman–Crippen LogP) is 4.08. The third-order valence-electron chi connectivity index (χ3n) is 6.66. The number of nitrogens with zero attached hydrogens (tertiary/aromatic N) is 5. The standard InChI is InChI=1S/C28H31N5O3S/c1-28(2,3)21-10-8-19(9-11-21)26(35)32-14-12-31(13-15-32)18-22-17-24(34)33-27(29-22)37-25(30-33)20-6-5-7-23(16-20)36-4/h5-11,16-17H,12-15,18H2,1-4H3. The van der Waals surface area contributed by atoms with Gasteiger partial charge in [-0.2, -0.15) is 9.61 Å². The first-order valence-electron chi connectivity index (χ1n) is 12.4. The van der Waals surface area contributed by atoms with Crippen LogP contribution < -0.4 is 10.3 Å². The molecule has 8 nitrogen and oxygen atoms in total. The van der Waals surface area contributed by atoms with Gasteiger partial charge in [0, 0.05) is 49.9 Å². The van der Waals surface area contributed by atoms with E-state index in [2.05, 4.69) is 30.8 Å². The van der Waals surface area contributed by atoms with Crippen molar-refractivity contribution in [3.05, 3.63) is 81.8 Å². The summed E-state index contributed by atoms with van der Waals surface area (Å²) in [5, 5.41) is 5.18. The second kappa shape index (κ2) is 10.1. The average Bonchev–Trinajstić information content (AvgIpc) is 3.33. The monoisotopic (exact) mass is 517 g/mol. The maximum Gasteiger partial charge on any atom is 0.275 e. The topological polar surface area (TPSA) is 80.0 Å². The fraction of sp³-hybridized carbons (Fsp3) is 0.357. The molecule has 1 amide bonds. The molecule has 2 aromatic carbocycles. The Bertz CT molecular complexity index is 1480. The molecule has 192 valence electrons. The van der Waals surface area contributed by atoms with Crippen LogP contribution in [0.1, 0.15) is 42.4 Å². The second-order valence-corrected chi connectivity index (χ2v) is 11.3. The molecule has 0 unspecified atom stereocenters. The Kier molecular flexibility index (Phi) is 6.83. The van der Waals surface area contributed by atoms with Crippen molar-refractivity contribution in [1.29, 1.82) is 0 Å². The fourth-order valence-corrected chi connectivity index (χ4v) is 5.36. The third kappa shape index (κ3) is 5.42. The summed E-state index contributed by atoms with van der Waals surface area (Å²) in [5.41, 5.74) is 3.39. The Morgan fingerprint density at radius 2 is 1.76 bits per heavy atom. The average molecular weight is 518 g/mol. The molecule has 0 atom stereocenters. The minimum Gasteiger partial charge on any atom is -0.497 e. The molecule has 0 aliphatic carbocycles. The van der Waals surface area contributed by atoms with Crippen LogP contribution in [-0.2, 0) is 12.0 Å². The van der Waals surface area contributed by atoms with E-state index >= 15 is 0 Å². The first-order valence-corrected chi connectivity index (χ1v) is 13.2. The van der Waals surface area contributed by atoms with Gasteiger partial charge in [-0.25, -0.2) is 4.98 Å². The van der Waals surface area contributed by atoms with E-state index in [4.69, 9.17) is 9.72 Å². The lowest BCUT2D eigenvalue weighted by Crippen LogP contribution is -2.48. The molecule has 1 aliphatic rings. The first kappa shape index (κ1) is 25.1. The van der Waals surface area contributed by atoms with Crippen LogP contribution in [0.4, 0.5) is 0 Å². The van der Waals surface area contributed by atoms with Gasteiger partial charge in [-0.1, -0.05) is 56.4 Å². The lowest BCUT2D eigenvalue weighted by atomic mass is 9.86. The third-order valence-corrected chi connectivity index (χ3v) is 7.62. The van der Waals surface area contributed by atoms with Crippen LogP contribution in [-0.4, -0.2) is 63.6 Å². The van der Waals surface area contributed by atoms with E-state index in [9.17, 15) is 9.59 Å². The molecule has 0 radical (unpaired) electrons. The molecule has 1 fully saturated rings. The van der Waals surface area contributed by atoms with Gasteiger partial charge in [0.25, 0.3) is 11.5 Å². The SMILES string of the molecule is COc1cccc(-c2nn3c(=O)cc(CN4CCN(C(=O)c5ccc(C(C)(C)C)cc5)CC4)nc3s2)c1. The van der Waals surface area contributed by atoms with Crippen molar-refractivity contribution >= 4 is 22.2 Å². The Hall–Kier alpha value is -3.56. The Morgan fingerprint density at radius 3 is 2.43 bits per heavy atom. The van der Waals surface area contributed by atoms with Crippen LogP contribution in [0.15, 0.2) is 59.4 Å². The van der Waals surface area contributed by atoms with Crippen LogP contribution in [0, 0.1) is 0 Å². The number of rotatable bonds is 5. The molecule has 0 N–H and O–H groups in total. The van der Waals surface area contributed by atoms with E-state index < -0.39 is 0 Å². The minimum atomic E-state index is -0.196. The van der Waals surface area contributed by atoms with E-state index in [0.717, 1.165) is 30.0 Å².